The molecule has 4 aromatic rings. The molecule has 0 aromatic heterocycles. The Morgan fingerprint density at radius 1 is 0.558 bits per heavy atom. The summed E-state index contributed by atoms with van der Waals surface area (Å²) >= 11 is 0. The third-order valence-electron chi connectivity index (χ3n) is 9.74. The van der Waals surface area contributed by atoms with Gasteiger partial charge in [-0.2, -0.15) is 0 Å². The summed E-state index contributed by atoms with van der Waals surface area (Å²) in [5.74, 6) is -1.90. The Balaban J connectivity index is 1.14. The maximum absolute atomic E-state index is 13.9. The monoisotopic (exact) mass is 694 g/mol. The largest absolute Gasteiger partial charge is 0.344 e. The van der Waals surface area contributed by atoms with Gasteiger partial charge in [0.1, 0.15) is 0 Å². The van der Waals surface area contributed by atoms with E-state index >= 15 is 0 Å². The second-order valence-electron chi connectivity index (χ2n) is 13.8. The Kier molecular flexibility index (Phi) is 11.8. The van der Waals surface area contributed by atoms with E-state index in [1.165, 1.54) is 0 Å². The molecule has 0 spiro atoms. The first-order valence-electron chi connectivity index (χ1n) is 18.0. The van der Waals surface area contributed by atoms with Crippen LogP contribution in [0.15, 0.2) is 133 Å². The molecule has 2 heterocycles. The minimum atomic E-state index is -0.825. The molecule has 52 heavy (non-hydrogen) atoms. The van der Waals surface area contributed by atoms with Crippen LogP contribution >= 0.6 is 0 Å². The predicted octanol–water partition coefficient (Wildman–Crippen LogP) is 6.81. The third-order valence-corrected chi connectivity index (χ3v) is 9.74. The molecule has 4 atom stereocenters. The van der Waals surface area contributed by atoms with Gasteiger partial charge in [0.05, 0.1) is 12.1 Å². The lowest BCUT2D eigenvalue weighted by Gasteiger charge is -2.34. The van der Waals surface area contributed by atoms with Gasteiger partial charge in [-0.05, 0) is 48.9 Å². The van der Waals surface area contributed by atoms with Crippen LogP contribution in [0.25, 0.3) is 0 Å². The quantitative estimate of drug-likeness (QED) is 0.156. The lowest BCUT2D eigenvalue weighted by Crippen LogP contribution is -2.50. The summed E-state index contributed by atoms with van der Waals surface area (Å²) in [6.45, 7) is 4.86. The number of hydrogen-bond donors (Lipinski definition) is 2. The number of nitrogens with one attached hydrogen (secondary N) is 2. The van der Waals surface area contributed by atoms with E-state index in [4.69, 9.17) is 0 Å². The predicted molar refractivity (Wildman–Crippen MR) is 202 cm³/mol. The Bertz CT molecular complexity index is 1760. The van der Waals surface area contributed by atoms with Gasteiger partial charge in [-0.1, -0.05) is 145 Å². The molecular weight excluding hydrogens is 649 g/mol. The van der Waals surface area contributed by atoms with Gasteiger partial charge < -0.3 is 20.4 Å². The maximum atomic E-state index is 13.9. The van der Waals surface area contributed by atoms with Crippen LogP contribution in [0.2, 0.25) is 0 Å². The van der Waals surface area contributed by atoms with E-state index in [9.17, 15) is 19.2 Å². The summed E-state index contributed by atoms with van der Waals surface area (Å²) in [6, 6.07) is 34.3. The van der Waals surface area contributed by atoms with Crippen LogP contribution in [0, 0.1) is 13.8 Å². The molecule has 4 aromatic carbocycles. The minimum Gasteiger partial charge on any atom is -0.344 e. The zero-order valence-corrected chi connectivity index (χ0v) is 29.8. The Hall–Kier alpha value is -5.76. The van der Waals surface area contributed by atoms with Crippen LogP contribution in [0.3, 0.4) is 0 Å². The molecule has 0 unspecified atom stereocenters. The Labute approximate surface area is 306 Å². The van der Waals surface area contributed by atoms with E-state index in [2.05, 4.69) is 10.6 Å². The maximum Gasteiger partial charge on any atom is 0.309 e. The fourth-order valence-electron chi connectivity index (χ4n) is 6.85. The smallest absolute Gasteiger partial charge is 0.309 e. The van der Waals surface area contributed by atoms with E-state index in [0.29, 0.717) is 25.9 Å². The molecule has 266 valence electrons. The van der Waals surface area contributed by atoms with Gasteiger partial charge in [0.15, 0.2) is 0 Å². The zero-order chi connectivity index (χ0) is 36.5. The number of aryl methyl sites for hydroxylation is 2. The first-order chi connectivity index (χ1) is 25.2. The van der Waals surface area contributed by atoms with Gasteiger partial charge >= 0.3 is 11.8 Å². The number of nitrogens with zero attached hydrogens (tertiary/aromatic N) is 2. The van der Waals surface area contributed by atoms with Gasteiger partial charge in [-0.15, -0.1) is 0 Å². The van der Waals surface area contributed by atoms with Gasteiger partial charge in [-0.3, -0.25) is 19.2 Å². The van der Waals surface area contributed by atoms with Crippen LogP contribution in [-0.4, -0.2) is 45.5 Å². The molecule has 8 nitrogen and oxygen atoms in total. The first kappa shape index (κ1) is 36.0. The fraction of sp³-hybridized carbons (Fsp3) is 0.273. The standard InChI is InChI=1S/C44H46N4O4/c1-31-19-23-35(24-20-31)39-17-9-15-37(27-41(49)47(39)29-33-11-5-3-6-12-33)45-43(51)44(52)46-38-16-10-18-40(36-25-21-32(2)22-26-36)48(42(50)28-38)30-34-13-7-4-8-14-34/h3-14,17-26,37-40H,15-16,27-30H2,1-2H3,(H,45,51)(H,46,52)/b17-9-,18-10-/t37-,38-,39+,40+/m0/s1. The van der Waals surface area contributed by atoms with Crippen LogP contribution in [0.1, 0.15) is 71.1 Å². The number of rotatable bonds is 8. The Morgan fingerprint density at radius 3 is 1.29 bits per heavy atom. The van der Waals surface area contributed by atoms with E-state index in [0.717, 1.165) is 33.4 Å². The normalized spacial score (nSPS) is 22.0. The van der Waals surface area contributed by atoms with Crippen molar-refractivity contribution in [2.24, 2.45) is 0 Å². The van der Waals surface area contributed by atoms with Crippen molar-refractivity contribution in [1.82, 2.24) is 20.4 Å². The van der Waals surface area contributed by atoms with Gasteiger partial charge in [0.2, 0.25) is 11.8 Å². The molecule has 4 amide bonds. The molecular formula is C44H46N4O4. The number of benzene rings is 4. The highest BCUT2D eigenvalue weighted by molar-refractivity contribution is 6.35. The van der Waals surface area contributed by atoms with Crippen molar-refractivity contribution in [3.63, 3.8) is 0 Å². The van der Waals surface area contributed by atoms with Crippen molar-refractivity contribution in [3.8, 4) is 0 Å². The third kappa shape index (κ3) is 9.31. The molecule has 0 saturated heterocycles. The lowest BCUT2D eigenvalue weighted by molar-refractivity contribution is -0.141. The van der Waals surface area contributed by atoms with Gasteiger partial charge in [0, 0.05) is 38.0 Å². The molecule has 0 saturated carbocycles. The molecule has 0 aliphatic carbocycles. The van der Waals surface area contributed by atoms with E-state index in [-0.39, 0.29) is 36.7 Å². The number of carbonyl (C=O) groups is 4. The van der Waals surface area contributed by atoms with Crippen LogP contribution in [0.5, 0.6) is 0 Å². The van der Waals surface area contributed by atoms with Crippen LogP contribution in [-0.2, 0) is 32.3 Å². The number of carbonyl (C=O) groups excluding carboxylic acids is 4. The van der Waals surface area contributed by atoms with E-state index in [1.54, 1.807) is 0 Å². The zero-order valence-electron chi connectivity index (χ0n) is 29.8. The lowest BCUT2D eigenvalue weighted by atomic mass is 9.97. The van der Waals surface area contributed by atoms with Crippen molar-refractivity contribution in [2.75, 3.05) is 0 Å². The summed E-state index contributed by atoms with van der Waals surface area (Å²) in [7, 11) is 0. The minimum absolute atomic E-state index is 0.0397. The molecule has 2 N–H and O–H groups in total. The average molecular weight is 695 g/mol. The summed E-state index contributed by atoms with van der Waals surface area (Å²) in [5, 5.41) is 5.61. The summed E-state index contributed by atoms with van der Waals surface area (Å²) < 4.78 is 0. The molecule has 2 aliphatic rings. The second-order valence-corrected chi connectivity index (χ2v) is 13.8. The van der Waals surface area contributed by atoms with Crippen molar-refractivity contribution in [3.05, 3.63) is 167 Å². The SMILES string of the molecule is Cc1ccc([C@H]2/C=C\C[C@H](NC(=O)C(=O)N[C@H]3C/C=C\[C@H](c4ccc(C)cc4)N(Cc4ccccc4)C(=O)C3)CC(=O)N2Cc2ccccc2)cc1. The second kappa shape index (κ2) is 17.0. The molecule has 8 heteroatoms. The highest BCUT2D eigenvalue weighted by atomic mass is 16.2. The van der Waals surface area contributed by atoms with Crippen LogP contribution in [0.4, 0.5) is 0 Å². The van der Waals surface area contributed by atoms with Crippen molar-refractivity contribution in [1.29, 1.82) is 0 Å². The molecule has 0 bridgehead atoms. The van der Waals surface area contributed by atoms with E-state index in [1.807, 2.05) is 157 Å². The van der Waals surface area contributed by atoms with Gasteiger partial charge in [-0.25, -0.2) is 0 Å². The topological polar surface area (TPSA) is 98.8 Å². The van der Waals surface area contributed by atoms with E-state index < -0.39 is 23.9 Å². The van der Waals surface area contributed by atoms with Crippen molar-refractivity contribution < 1.29 is 19.2 Å². The van der Waals surface area contributed by atoms with Crippen LogP contribution < -0.4 is 10.6 Å². The highest BCUT2D eigenvalue weighted by Crippen LogP contribution is 2.30. The molecule has 0 radical (unpaired) electrons. The van der Waals surface area contributed by atoms with Gasteiger partial charge in [0.25, 0.3) is 0 Å². The summed E-state index contributed by atoms with van der Waals surface area (Å²) in [4.78, 5) is 58.1. The fourth-order valence-corrected chi connectivity index (χ4v) is 6.85. The molecule has 0 fully saturated rings. The van der Waals surface area contributed by atoms with Crippen molar-refractivity contribution in [2.45, 2.75) is 76.8 Å². The van der Waals surface area contributed by atoms with Crippen molar-refractivity contribution >= 4 is 23.6 Å². The average Bonchev–Trinajstić information content (AvgIpc) is 3.14. The molecule has 6 rings (SSSR count). The summed E-state index contributed by atoms with van der Waals surface area (Å²) in [6.07, 6.45) is 8.82. The number of hydrogen-bond acceptors (Lipinski definition) is 4. The highest BCUT2D eigenvalue weighted by Gasteiger charge is 2.32. The number of amides is 4. The molecule has 2 aliphatic heterocycles. The summed E-state index contributed by atoms with van der Waals surface area (Å²) in [5.41, 5.74) is 6.27. The first-order valence-corrected chi connectivity index (χ1v) is 18.0. The Morgan fingerprint density at radius 2 is 0.923 bits per heavy atom.